The van der Waals surface area contributed by atoms with Gasteiger partial charge in [-0.1, -0.05) is 83.5 Å². The summed E-state index contributed by atoms with van der Waals surface area (Å²) in [5.41, 5.74) is 6.18. The van der Waals surface area contributed by atoms with E-state index in [9.17, 15) is 10.2 Å². The van der Waals surface area contributed by atoms with Gasteiger partial charge in [0.05, 0.1) is 0 Å². The van der Waals surface area contributed by atoms with Crippen molar-refractivity contribution < 1.29 is 10.2 Å². The Morgan fingerprint density at radius 3 is 1.26 bits per heavy atom. The van der Waals surface area contributed by atoms with Gasteiger partial charge in [0, 0.05) is 5.41 Å². The molecule has 31 heavy (non-hydrogen) atoms. The summed E-state index contributed by atoms with van der Waals surface area (Å²) in [5.74, 6) is 0.559. The summed E-state index contributed by atoms with van der Waals surface area (Å²) in [7, 11) is 0. The molecule has 0 heterocycles. The van der Waals surface area contributed by atoms with Crippen LogP contribution in [0.25, 0.3) is 0 Å². The van der Waals surface area contributed by atoms with Crippen molar-refractivity contribution in [1.29, 1.82) is 0 Å². The highest BCUT2D eigenvalue weighted by Gasteiger charge is 2.39. The number of hydrogen-bond acceptors (Lipinski definition) is 2. The Hall–Kier alpha value is -2.74. The minimum absolute atomic E-state index is 0.154. The van der Waals surface area contributed by atoms with Gasteiger partial charge in [0.15, 0.2) is 0 Å². The monoisotopic (exact) mass is 416 g/mol. The third-order valence-electron chi connectivity index (χ3n) is 6.33. The molecule has 0 saturated heterocycles. The topological polar surface area (TPSA) is 40.5 Å². The molecule has 0 unspecified atom stereocenters. The van der Waals surface area contributed by atoms with Gasteiger partial charge in [0.2, 0.25) is 0 Å². The highest BCUT2D eigenvalue weighted by molar-refractivity contribution is 5.59. The van der Waals surface area contributed by atoms with Crippen LogP contribution in [0.2, 0.25) is 0 Å². The Kier molecular flexibility index (Phi) is 5.73. The molecule has 0 aromatic heterocycles. The Morgan fingerprint density at radius 2 is 0.903 bits per heavy atom. The first-order valence-corrected chi connectivity index (χ1v) is 11.0. The van der Waals surface area contributed by atoms with Crippen molar-refractivity contribution in [2.75, 3.05) is 0 Å². The van der Waals surface area contributed by atoms with Crippen LogP contribution in [0.1, 0.15) is 81.8 Å². The van der Waals surface area contributed by atoms with Crippen molar-refractivity contribution in [3.63, 3.8) is 0 Å². The first kappa shape index (κ1) is 22.9. The van der Waals surface area contributed by atoms with Crippen LogP contribution in [0.4, 0.5) is 0 Å². The maximum atomic E-state index is 10.3. The summed E-state index contributed by atoms with van der Waals surface area (Å²) in [6, 6.07) is 20.2. The molecule has 2 N–H and O–H groups in total. The zero-order chi connectivity index (χ0) is 23.2. The summed E-state index contributed by atoms with van der Waals surface area (Å²) in [6.07, 6.45) is 0. The molecule has 0 amide bonds. The fraction of sp³-hybridized carbons (Fsp3) is 0.379. The van der Waals surface area contributed by atoms with Crippen LogP contribution in [-0.4, -0.2) is 10.2 Å². The zero-order valence-electron chi connectivity index (χ0n) is 20.2. The van der Waals surface area contributed by atoms with E-state index >= 15 is 0 Å². The Morgan fingerprint density at radius 1 is 0.516 bits per heavy atom. The number of aryl methyl sites for hydroxylation is 1. The Balaban J connectivity index is 2.48. The van der Waals surface area contributed by atoms with E-state index in [1.807, 2.05) is 12.1 Å². The highest BCUT2D eigenvalue weighted by Crippen LogP contribution is 2.47. The van der Waals surface area contributed by atoms with Crippen LogP contribution in [0.5, 0.6) is 11.5 Å². The highest BCUT2D eigenvalue weighted by atomic mass is 16.3. The molecule has 3 aromatic rings. The van der Waals surface area contributed by atoms with Crippen LogP contribution in [0, 0.1) is 6.92 Å². The standard InChI is InChI=1S/C29H36O2/c1-19-9-11-20(12-10-19)29(8,23-15-13-21(30)17-25(23)27(2,3)4)24-16-14-22(31)18-26(24)28(5,6)7/h9-18,30-31H,1-8H3. The normalized spacial score (nSPS) is 12.8. The first-order chi connectivity index (χ1) is 14.2. The molecule has 3 rings (SSSR count). The van der Waals surface area contributed by atoms with Crippen molar-refractivity contribution in [2.24, 2.45) is 0 Å². The van der Waals surface area contributed by atoms with E-state index in [1.54, 1.807) is 12.1 Å². The summed E-state index contributed by atoms with van der Waals surface area (Å²) in [5, 5.41) is 20.7. The summed E-state index contributed by atoms with van der Waals surface area (Å²) in [6.45, 7) is 17.5. The molecule has 0 spiro atoms. The lowest BCUT2D eigenvalue weighted by molar-refractivity contribution is 0.465. The lowest BCUT2D eigenvalue weighted by Crippen LogP contribution is -2.32. The van der Waals surface area contributed by atoms with Crippen molar-refractivity contribution in [2.45, 2.75) is 71.6 Å². The van der Waals surface area contributed by atoms with Crippen LogP contribution in [0.3, 0.4) is 0 Å². The maximum Gasteiger partial charge on any atom is 0.115 e. The van der Waals surface area contributed by atoms with Gasteiger partial charge in [0.1, 0.15) is 11.5 Å². The number of aromatic hydroxyl groups is 2. The fourth-order valence-electron chi connectivity index (χ4n) is 4.52. The van der Waals surface area contributed by atoms with E-state index < -0.39 is 5.41 Å². The average Bonchev–Trinajstić information content (AvgIpc) is 2.66. The number of phenolic OH excluding ortho intramolecular Hbond substituents is 2. The lowest BCUT2D eigenvalue weighted by Gasteiger charge is -2.40. The molecule has 0 atom stereocenters. The smallest absolute Gasteiger partial charge is 0.115 e. The Bertz CT molecular complexity index is 1010. The van der Waals surface area contributed by atoms with Crippen LogP contribution < -0.4 is 0 Å². The minimum atomic E-state index is -0.472. The summed E-state index contributed by atoms with van der Waals surface area (Å²) in [4.78, 5) is 0. The molecule has 0 fully saturated rings. The van der Waals surface area contributed by atoms with E-state index in [4.69, 9.17) is 0 Å². The molecule has 2 nitrogen and oxygen atoms in total. The average molecular weight is 417 g/mol. The summed E-state index contributed by atoms with van der Waals surface area (Å²) < 4.78 is 0. The molecule has 0 radical (unpaired) electrons. The van der Waals surface area contributed by atoms with Gasteiger partial charge in [-0.25, -0.2) is 0 Å². The molecule has 3 aromatic carbocycles. The van der Waals surface area contributed by atoms with Crippen LogP contribution in [0.15, 0.2) is 60.7 Å². The molecular formula is C29H36O2. The number of rotatable bonds is 3. The Labute approximate surface area is 187 Å². The van der Waals surface area contributed by atoms with Crippen LogP contribution >= 0.6 is 0 Å². The van der Waals surface area contributed by atoms with E-state index in [2.05, 4.69) is 91.8 Å². The van der Waals surface area contributed by atoms with Gasteiger partial charge in [-0.15, -0.1) is 0 Å². The second kappa shape index (κ2) is 7.75. The van der Waals surface area contributed by atoms with E-state index in [0.717, 1.165) is 22.3 Å². The van der Waals surface area contributed by atoms with Crippen molar-refractivity contribution in [1.82, 2.24) is 0 Å². The molecule has 0 aliphatic heterocycles. The third-order valence-corrected chi connectivity index (χ3v) is 6.33. The predicted octanol–water partition coefficient (Wildman–Crippen LogP) is 7.36. The molecule has 0 bridgehead atoms. The van der Waals surface area contributed by atoms with Gasteiger partial charge in [0.25, 0.3) is 0 Å². The second-order valence-electron chi connectivity index (χ2n) is 11.0. The largest absolute Gasteiger partial charge is 0.508 e. The van der Waals surface area contributed by atoms with Gasteiger partial charge >= 0.3 is 0 Å². The first-order valence-electron chi connectivity index (χ1n) is 11.0. The van der Waals surface area contributed by atoms with Crippen molar-refractivity contribution >= 4 is 0 Å². The lowest BCUT2D eigenvalue weighted by atomic mass is 9.63. The molecular weight excluding hydrogens is 380 g/mol. The second-order valence-corrected chi connectivity index (χ2v) is 11.0. The van der Waals surface area contributed by atoms with Gasteiger partial charge < -0.3 is 10.2 Å². The van der Waals surface area contributed by atoms with Crippen molar-refractivity contribution in [3.8, 4) is 11.5 Å². The molecule has 0 saturated carbocycles. The predicted molar refractivity (Wildman–Crippen MR) is 130 cm³/mol. The molecule has 0 aliphatic rings. The molecule has 2 heteroatoms. The fourth-order valence-corrected chi connectivity index (χ4v) is 4.52. The number of phenols is 2. The van der Waals surface area contributed by atoms with Gasteiger partial charge in [-0.05, 0) is 76.8 Å². The van der Waals surface area contributed by atoms with E-state index in [0.29, 0.717) is 0 Å². The minimum Gasteiger partial charge on any atom is -0.508 e. The molecule has 164 valence electrons. The van der Waals surface area contributed by atoms with E-state index in [1.165, 1.54) is 11.1 Å². The SMILES string of the molecule is Cc1ccc(C(C)(c2ccc(O)cc2C(C)(C)C)c2ccc(O)cc2C(C)(C)C)cc1. The number of hydrogen-bond donors (Lipinski definition) is 2. The van der Waals surface area contributed by atoms with E-state index in [-0.39, 0.29) is 22.3 Å². The van der Waals surface area contributed by atoms with Crippen LogP contribution in [-0.2, 0) is 16.2 Å². The quantitative estimate of drug-likeness (QED) is 0.438. The number of benzene rings is 3. The molecule has 0 aliphatic carbocycles. The summed E-state index contributed by atoms with van der Waals surface area (Å²) >= 11 is 0. The van der Waals surface area contributed by atoms with Gasteiger partial charge in [-0.3, -0.25) is 0 Å². The third kappa shape index (κ3) is 4.35. The van der Waals surface area contributed by atoms with Gasteiger partial charge in [-0.2, -0.15) is 0 Å². The van der Waals surface area contributed by atoms with Crippen molar-refractivity contribution in [3.05, 3.63) is 94.0 Å². The zero-order valence-corrected chi connectivity index (χ0v) is 20.2. The maximum absolute atomic E-state index is 10.3.